The van der Waals surface area contributed by atoms with Crippen molar-refractivity contribution in [2.24, 2.45) is 0 Å². The van der Waals surface area contributed by atoms with Gasteiger partial charge < -0.3 is 19.5 Å². The molecular formula is C16H19NO5. The Morgan fingerprint density at radius 1 is 1.27 bits per heavy atom. The van der Waals surface area contributed by atoms with Gasteiger partial charge in [-0.1, -0.05) is 32.0 Å². The third-order valence-corrected chi connectivity index (χ3v) is 3.04. The van der Waals surface area contributed by atoms with Crippen LogP contribution in [0.4, 0.5) is 5.69 Å². The number of carbonyl (C=O) groups is 2. The van der Waals surface area contributed by atoms with Crippen LogP contribution in [-0.4, -0.2) is 31.7 Å². The van der Waals surface area contributed by atoms with Crippen molar-refractivity contribution in [3.63, 3.8) is 0 Å². The molecule has 118 valence electrons. The first-order valence-electron chi connectivity index (χ1n) is 7.08. The lowest BCUT2D eigenvalue weighted by Gasteiger charge is -2.15. The van der Waals surface area contributed by atoms with E-state index in [1.165, 1.54) is 6.26 Å². The van der Waals surface area contributed by atoms with Crippen molar-refractivity contribution in [3.05, 3.63) is 41.9 Å². The van der Waals surface area contributed by atoms with Crippen LogP contribution in [-0.2, 0) is 23.8 Å². The molecule has 0 spiro atoms. The van der Waals surface area contributed by atoms with Crippen molar-refractivity contribution in [1.82, 2.24) is 0 Å². The van der Waals surface area contributed by atoms with Gasteiger partial charge in [0, 0.05) is 5.69 Å². The number of para-hydroxylation sites is 1. The van der Waals surface area contributed by atoms with E-state index in [-0.39, 0.29) is 24.9 Å². The lowest BCUT2D eigenvalue weighted by molar-refractivity contribution is -0.148. The zero-order valence-electron chi connectivity index (χ0n) is 12.6. The van der Waals surface area contributed by atoms with Gasteiger partial charge in [-0.05, 0) is 17.5 Å². The molecule has 0 saturated heterocycles. The molecule has 1 aliphatic heterocycles. The molecule has 1 N–H and O–H groups in total. The van der Waals surface area contributed by atoms with Gasteiger partial charge in [-0.3, -0.25) is 4.79 Å². The smallest absolute Gasteiger partial charge is 0.377 e. The minimum Gasteiger partial charge on any atom is -0.493 e. The molecule has 0 saturated carbocycles. The average Bonchev–Trinajstić information content (AvgIpc) is 2.53. The minimum absolute atomic E-state index is 0.0263. The van der Waals surface area contributed by atoms with Gasteiger partial charge in [0.15, 0.2) is 6.61 Å². The van der Waals surface area contributed by atoms with Crippen molar-refractivity contribution < 1.29 is 23.8 Å². The molecule has 0 unspecified atom stereocenters. The van der Waals surface area contributed by atoms with E-state index in [0.717, 1.165) is 11.3 Å². The van der Waals surface area contributed by atoms with E-state index in [2.05, 4.69) is 5.32 Å². The van der Waals surface area contributed by atoms with Gasteiger partial charge in [0.25, 0.3) is 5.91 Å². The summed E-state index contributed by atoms with van der Waals surface area (Å²) in [6, 6.07) is 7.52. The number of rotatable bonds is 5. The summed E-state index contributed by atoms with van der Waals surface area (Å²) < 4.78 is 14.9. The van der Waals surface area contributed by atoms with Crippen molar-refractivity contribution in [2.75, 3.05) is 25.1 Å². The third-order valence-electron chi connectivity index (χ3n) is 3.04. The highest BCUT2D eigenvalue weighted by atomic mass is 16.6. The monoisotopic (exact) mass is 305 g/mol. The summed E-state index contributed by atoms with van der Waals surface area (Å²) in [4.78, 5) is 23.5. The molecular weight excluding hydrogens is 286 g/mol. The summed E-state index contributed by atoms with van der Waals surface area (Å²) in [5.41, 5.74) is 1.74. The topological polar surface area (TPSA) is 73.9 Å². The summed E-state index contributed by atoms with van der Waals surface area (Å²) >= 11 is 0. The molecule has 1 aromatic rings. The molecule has 0 atom stereocenters. The molecule has 0 radical (unpaired) electrons. The highest BCUT2D eigenvalue weighted by Crippen LogP contribution is 2.23. The Morgan fingerprint density at radius 3 is 2.73 bits per heavy atom. The Labute approximate surface area is 129 Å². The Hall–Kier alpha value is -2.50. The van der Waals surface area contributed by atoms with Crippen LogP contribution in [0.25, 0.3) is 0 Å². The number of anilines is 1. The maximum atomic E-state index is 11.9. The number of nitrogens with one attached hydrogen (secondary N) is 1. The molecule has 22 heavy (non-hydrogen) atoms. The van der Waals surface area contributed by atoms with E-state index in [9.17, 15) is 9.59 Å². The highest BCUT2D eigenvalue weighted by Gasteiger charge is 2.18. The summed E-state index contributed by atoms with van der Waals surface area (Å²) in [5, 5.41) is 2.74. The molecule has 0 aromatic heterocycles. The van der Waals surface area contributed by atoms with Crippen LogP contribution in [0.15, 0.2) is 36.3 Å². The van der Waals surface area contributed by atoms with Gasteiger partial charge in [-0.2, -0.15) is 0 Å². The minimum atomic E-state index is -0.716. The second-order valence-corrected chi connectivity index (χ2v) is 5.07. The molecule has 1 amide bonds. The zero-order valence-corrected chi connectivity index (χ0v) is 12.6. The first-order valence-corrected chi connectivity index (χ1v) is 7.08. The van der Waals surface area contributed by atoms with Crippen LogP contribution in [0.2, 0.25) is 0 Å². The Kier molecular flexibility index (Phi) is 5.41. The zero-order chi connectivity index (χ0) is 15.9. The lowest BCUT2D eigenvalue weighted by atomic mass is 10.0. The van der Waals surface area contributed by atoms with Gasteiger partial charge in [-0.15, -0.1) is 0 Å². The number of benzene rings is 1. The number of hydrogen-bond acceptors (Lipinski definition) is 5. The van der Waals surface area contributed by atoms with Crippen LogP contribution in [0.5, 0.6) is 0 Å². The fourth-order valence-electron chi connectivity index (χ4n) is 1.98. The summed E-state index contributed by atoms with van der Waals surface area (Å²) in [7, 11) is 0. The maximum Gasteiger partial charge on any atom is 0.377 e. The lowest BCUT2D eigenvalue weighted by Crippen LogP contribution is -2.24. The molecule has 0 aliphatic carbocycles. The predicted molar refractivity (Wildman–Crippen MR) is 80.1 cm³/mol. The first-order chi connectivity index (χ1) is 10.6. The fraction of sp³-hybridized carbons (Fsp3) is 0.375. The molecule has 6 nitrogen and oxygen atoms in total. The highest BCUT2D eigenvalue weighted by molar-refractivity contribution is 5.95. The number of esters is 1. The van der Waals surface area contributed by atoms with E-state index in [1.54, 1.807) is 0 Å². The Morgan fingerprint density at radius 2 is 2.05 bits per heavy atom. The second kappa shape index (κ2) is 7.49. The molecule has 0 fully saturated rings. The Balaban J connectivity index is 1.88. The summed E-state index contributed by atoms with van der Waals surface area (Å²) in [6.07, 6.45) is 1.19. The predicted octanol–water partition coefficient (Wildman–Crippen LogP) is 2.18. The van der Waals surface area contributed by atoms with Gasteiger partial charge in [0.1, 0.15) is 19.5 Å². The molecule has 1 aromatic carbocycles. The first kappa shape index (κ1) is 15.9. The molecule has 1 aliphatic rings. The molecule has 1 heterocycles. The third kappa shape index (κ3) is 4.25. The van der Waals surface area contributed by atoms with E-state index in [0.29, 0.717) is 6.61 Å². The molecule has 2 rings (SSSR count). The van der Waals surface area contributed by atoms with E-state index in [4.69, 9.17) is 14.2 Å². The molecule has 0 bridgehead atoms. The van der Waals surface area contributed by atoms with Crippen molar-refractivity contribution in [1.29, 1.82) is 0 Å². The van der Waals surface area contributed by atoms with Crippen LogP contribution in [0, 0.1) is 0 Å². The largest absolute Gasteiger partial charge is 0.493 e. The maximum absolute atomic E-state index is 11.9. The molecule has 6 heteroatoms. The fourth-order valence-corrected chi connectivity index (χ4v) is 1.98. The van der Waals surface area contributed by atoms with E-state index < -0.39 is 11.9 Å². The number of hydrogen-bond donors (Lipinski definition) is 1. The normalized spacial score (nSPS) is 13.7. The van der Waals surface area contributed by atoms with Gasteiger partial charge in [0.2, 0.25) is 5.76 Å². The van der Waals surface area contributed by atoms with Crippen molar-refractivity contribution >= 4 is 17.6 Å². The van der Waals surface area contributed by atoms with E-state index in [1.807, 2.05) is 38.1 Å². The van der Waals surface area contributed by atoms with Crippen molar-refractivity contribution in [3.8, 4) is 0 Å². The SMILES string of the molecule is CC(C)c1ccccc1NC(=O)COC(=O)C1=COCCO1. The standard InChI is InChI=1S/C16H19NO5/c1-11(2)12-5-3-4-6-13(12)17-15(18)10-22-16(19)14-9-20-7-8-21-14/h3-6,9,11H,7-8,10H2,1-2H3,(H,17,18). The Bertz CT molecular complexity index is 580. The summed E-state index contributed by atoms with van der Waals surface area (Å²) in [6.45, 7) is 4.37. The number of amides is 1. The summed E-state index contributed by atoms with van der Waals surface area (Å²) in [5.74, 6) is -0.871. The van der Waals surface area contributed by atoms with Gasteiger partial charge in [-0.25, -0.2) is 4.79 Å². The van der Waals surface area contributed by atoms with Crippen LogP contribution < -0.4 is 5.32 Å². The average molecular weight is 305 g/mol. The second-order valence-electron chi connectivity index (χ2n) is 5.07. The van der Waals surface area contributed by atoms with E-state index >= 15 is 0 Å². The quantitative estimate of drug-likeness (QED) is 0.844. The number of ether oxygens (including phenoxy) is 3. The van der Waals surface area contributed by atoms with Crippen molar-refractivity contribution in [2.45, 2.75) is 19.8 Å². The van der Waals surface area contributed by atoms with Gasteiger partial charge in [0.05, 0.1) is 0 Å². The van der Waals surface area contributed by atoms with Crippen LogP contribution in [0.3, 0.4) is 0 Å². The van der Waals surface area contributed by atoms with Gasteiger partial charge >= 0.3 is 5.97 Å². The number of carbonyl (C=O) groups excluding carboxylic acids is 2. The van der Waals surface area contributed by atoms with Crippen LogP contribution in [0.1, 0.15) is 25.3 Å². The van der Waals surface area contributed by atoms with Crippen LogP contribution >= 0.6 is 0 Å².